The van der Waals surface area contributed by atoms with Crippen LogP contribution in [-0.4, -0.2) is 26.1 Å². The highest BCUT2D eigenvalue weighted by molar-refractivity contribution is 7.13. The molecule has 0 fully saturated rings. The normalized spacial score (nSPS) is 10.7. The van der Waals surface area contributed by atoms with Crippen molar-refractivity contribution >= 4 is 33.3 Å². The van der Waals surface area contributed by atoms with E-state index < -0.39 is 0 Å². The summed E-state index contributed by atoms with van der Waals surface area (Å²) >= 11 is 1.27. The Morgan fingerprint density at radius 3 is 2.83 bits per heavy atom. The lowest BCUT2D eigenvalue weighted by molar-refractivity contribution is 0.102. The summed E-state index contributed by atoms with van der Waals surface area (Å²) in [7, 11) is 0. The third-order valence-corrected chi connectivity index (χ3v) is 4.11. The first kappa shape index (κ1) is 14.4. The van der Waals surface area contributed by atoms with Crippen molar-refractivity contribution in [1.82, 2.24) is 20.2 Å². The minimum absolute atomic E-state index is 0.240. The monoisotopic (exact) mass is 333 g/mol. The number of carbonyl (C=O) groups is 1. The van der Waals surface area contributed by atoms with E-state index in [1.165, 1.54) is 11.3 Å². The zero-order chi connectivity index (χ0) is 16.4. The molecule has 0 aliphatic heterocycles. The molecule has 1 aromatic carbocycles. The van der Waals surface area contributed by atoms with E-state index in [4.69, 9.17) is 0 Å². The lowest BCUT2D eigenvalue weighted by Crippen LogP contribution is -2.13. The number of pyridine rings is 2. The summed E-state index contributed by atoms with van der Waals surface area (Å²) < 4.78 is 0. The van der Waals surface area contributed by atoms with Crippen molar-refractivity contribution in [2.24, 2.45) is 0 Å². The van der Waals surface area contributed by atoms with E-state index >= 15 is 0 Å². The van der Waals surface area contributed by atoms with Crippen LogP contribution in [0.1, 0.15) is 10.4 Å². The van der Waals surface area contributed by atoms with Gasteiger partial charge < -0.3 is 0 Å². The predicted molar refractivity (Wildman–Crippen MR) is 92.8 cm³/mol. The maximum atomic E-state index is 12.7. The number of nitrogens with zero attached hydrogens (tertiary/aromatic N) is 4. The number of aromatic nitrogens is 4. The molecule has 4 rings (SSSR count). The second-order valence-corrected chi connectivity index (χ2v) is 5.85. The number of anilines is 1. The largest absolute Gasteiger partial charge is 0.296 e. The molecule has 0 aliphatic carbocycles. The number of carbonyl (C=O) groups excluding carboxylic acids is 1. The van der Waals surface area contributed by atoms with Gasteiger partial charge in [0, 0.05) is 23.3 Å². The minimum atomic E-state index is -0.240. The van der Waals surface area contributed by atoms with Gasteiger partial charge in [0.05, 0.1) is 16.8 Å². The summed E-state index contributed by atoms with van der Waals surface area (Å²) in [5, 5.41) is 11.6. The highest BCUT2D eigenvalue weighted by atomic mass is 32.1. The molecule has 0 bridgehead atoms. The van der Waals surface area contributed by atoms with Gasteiger partial charge in [0.25, 0.3) is 5.91 Å². The number of benzene rings is 1. The van der Waals surface area contributed by atoms with E-state index in [0.29, 0.717) is 16.4 Å². The van der Waals surface area contributed by atoms with Gasteiger partial charge in [0.1, 0.15) is 5.51 Å². The first-order valence-corrected chi connectivity index (χ1v) is 8.07. The SMILES string of the molecule is O=C(Nc1nncs1)c1cc(-c2cccnc2)nc2ccccc12. The van der Waals surface area contributed by atoms with Crippen LogP contribution in [0, 0.1) is 0 Å². The van der Waals surface area contributed by atoms with Gasteiger partial charge in [-0.05, 0) is 24.3 Å². The van der Waals surface area contributed by atoms with Crippen LogP contribution in [0.2, 0.25) is 0 Å². The first-order chi connectivity index (χ1) is 11.8. The predicted octanol–water partition coefficient (Wildman–Crippen LogP) is 3.40. The third-order valence-electron chi connectivity index (χ3n) is 3.50. The molecule has 24 heavy (non-hydrogen) atoms. The quantitative estimate of drug-likeness (QED) is 0.621. The van der Waals surface area contributed by atoms with E-state index in [2.05, 4.69) is 25.5 Å². The van der Waals surface area contributed by atoms with E-state index in [9.17, 15) is 4.79 Å². The van der Waals surface area contributed by atoms with Gasteiger partial charge in [-0.2, -0.15) is 0 Å². The number of para-hydroxylation sites is 1. The van der Waals surface area contributed by atoms with Crippen molar-refractivity contribution in [2.75, 3.05) is 5.32 Å². The molecule has 0 unspecified atom stereocenters. The fourth-order valence-electron chi connectivity index (χ4n) is 2.42. The molecule has 1 amide bonds. The summed E-state index contributed by atoms with van der Waals surface area (Å²) in [6, 6.07) is 13.1. The summed E-state index contributed by atoms with van der Waals surface area (Å²) in [6.07, 6.45) is 3.43. The summed E-state index contributed by atoms with van der Waals surface area (Å²) in [5.41, 5.74) is 4.41. The van der Waals surface area contributed by atoms with Gasteiger partial charge in [-0.25, -0.2) is 4.98 Å². The Bertz CT molecular complexity index is 1000. The molecule has 116 valence electrons. The zero-order valence-electron chi connectivity index (χ0n) is 12.4. The highest BCUT2D eigenvalue weighted by Crippen LogP contribution is 2.25. The molecule has 4 aromatic rings. The van der Waals surface area contributed by atoms with Gasteiger partial charge in [0.2, 0.25) is 5.13 Å². The Morgan fingerprint density at radius 2 is 2.04 bits per heavy atom. The lowest BCUT2D eigenvalue weighted by atomic mass is 10.0. The fraction of sp³-hybridized carbons (Fsp3) is 0. The number of hydrogen-bond acceptors (Lipinski definition) is 6. The average molecular weight is 333 g/mol. The summed E-state index contributed by atoms with van der Waals surface area (Å²) in [6.45, 7) is 0. The zero-order valence-corrected chi connectivity index (χ0v) is 13.2. The second kappa shape index (κ2) is 6.13. The van der Waals surface area contributed by atoms with E-state index in [-0.39, 0.29) is 5.91 Å². The molecule has 0 spiro atoms. The van der Waals surface area contributed by atoms with Crippen LogP contribution >= 0.6 is 11.3 Å². The molecule has 3 heterocycles. The van der Waals surface area contributed by atoms with Crippen LogP contribution in [0.4, 0.5) is 5.13 Å². The van der Waals surface area contributed by atoms with Crippen LogP contribution in [0.3, 0.4) is 0 Å². The summed E-state index contributed by atoms with van der Waals surface area (Å²) in [5.74, 6) is -0.240. The Morgan fingerprint density at radius 1 is 1.12 bits per heavy atom. The molecule has 6 nitrogen and oxygen atoms in total. The molecular formula is C17H11N5OS. The molecule has 0 aliphatic rings. The van der Waals surface area contributed by atoms with Gasteiger partial charge >= 0.3 is 0 Å². The van der Waals surface area contributed by atoms with Crippen LogP contribution in [0.25, 0.3) is 22.2 Å². The van der Waals surface area contributed by atoms with Crippen molar-refractivity contribution in [2.45, 2.75) is 0 Å². The van der Waals surface area contributed by atoms with E-state index in [1.807, 2.05) is 36.4 Å². The Labute approximate surface area is 141 Å². The molecule has 7 heteroatoms. The van der Waals surface area contributed by atoms with Gasteiger partial charge in [-0.1, -0.05) is 29.5 Å². The number of amides is 1. The van der Waals surface area contributed by atoms with E-state index in [1.54, 1.807) is 24.0 Å². The molecule has 0 radical (unpaired) electrons. The molecule has 1 N–H and O–H groups in total. The van der Waals surface area contributed by atoms with Crippen molar-refractivity contribution in [1.29, 1.82) is 0 Å². The first-order valence-electron chi connectivity index (χ1n) is 7.19. The smallest absolute Gasteiger partial charge is 0.258 e. The Balaban J connectivity index is 1.85. The minimum Gasteiger partial charge on any atom is -0.296 e. The van der Waals surface area contributed by atoms with Crippen molar-refractivity contribution in [3.8, 4) is 11.3 Å². The van der Waals surface area contributed by atoms with Gasteiger partial charge in [-0.3, -0.25) is 15.1 Å². The highest BCUT2D eigenvalue weighted by Gasteiger charge is 2.15. The maximum absolute atomic E-state index is 12.7. The van der Waals surface area contributed by atoms with Crippen LogP contribution < -0.4 is 5.32 Å². The molecule has 0 atom stereocenters. The third kappa shape index (κ3) is 2.72. The summed E-state index contributed by atoms with van der Waals surface area (Å²) in [4.78, 5) is 21.5. The molecule has 3 aromatic heterocycles. The van der Waals surface area contributed by atoms with Crippen LogP contribution in [0.15, 0.2) is 60.4 Å². The second-order valence-electron chi connectivity index (χ2n) is 5.01. The Hall–Kier alpha value is -3.19. The molecular weight excluding hydrogens is 322 g/mol. The van der Waals surface area contributed by atoms with Crippen molar-refractivity contribution < 1.29 is 4.79 Å². The van der Waals surface area contributed by atoms with Crippen molar-refractivity contribution in [3.05, 3.63) is 65.9 Å². The van der Waals surface area contributed by atoms with E-state index in [0.717, 1.165) is 16.5 Å². The topological polar surface area (TPSA) is 80.7 Å². The van der Waals surface area contributed by atoms with Crippen molar-refractivity contribution in [3.63, 3.8) is 0 Å². The molecule has 0 saturated heterocycles. The molecule has 0 saturated carbocycles. The maximum Gasteiger partial charge on any atom is 0.258 e. The van der Waals surface area contributed by atoms with Crippen LogP contribution in [-0.2, 0) is 0 Å². The Kier molecular flexibility index (Phi) is 3.68. The van der Waals surface area contributed by atoms with Crippen LogP contribution in [0.5, 0.6) is 0 Å². The number of nitrogens with one attached hydrogen (secondary N) is 1. The number of rotatable bonds is 3. The standard InChI is InChI=1S/C17H11N5OS/c23-16(21-17-22-19-10-24-17)13-8-15(11-4-3-7-18-9-11)20-14-6-2-1-5-12(13)14/h1-10H,(H,21,22,23). The average Bonchev–Trinajstić information content (AvgIpc) is 3.14. The fourth-order valence-corrected chi connectivity index (χ4v) is 2.86. The van der Waals surface area contributed by atoms with Gasteiger partial charge in [-0.15, -0.1) is 10.2 Å². The number of fused-ring (bicyclic) bond motifs is 1. The number of hydrogen-bond donors (Lipinski definition) is 1. The lowest BCUT2D eigenvalue weighted by Gasteiger charge is -2.09. The van der Waals surface area contributed by atoms with Gasteiger partial charge in [0.15, 0.2) is 0 Å².